The zero-order chi connectivity index (χ0) is 10.8. The lowest BCUT2D eigenvalue weighted by Crippen LogP contribution is -2.34. The van der Waals surface area contributed by atoms with Crippen molar-refractivity contribution in [1.82, 2.24) is 9.88 Å². The number of hydrogen-bond acceptors (Lipinski definition) is 4. The van der Waals surface area contributed by atoms with Crippen molar-refractivity contribution in [3.05, 3.63) is 16.1 Å². The predicted octanol–water partition coefficient (Wildman–Crippen LogP) is 1.65. The molecule has 0 bridgehead atoms. The van der Waals surface area contributed by atoms with Crippen molar-refractivity contribution in [3.63, 3.8) is 0 Å². The number of aryl methyl sites for hydroxylation is 1. The van der Waals surface area contributed by atoms with Crippen LogP contribution in [0.25, 0.3) is 0 Å². The average molecular weight is 226 g/mol. The number of likely N-dealkylation sites (tertiary alicyclic amines) is 1. The maximum Gasteiger partial charge on any atom is 0.107 e. The summed E-state index contributed by atoms with van der Waals surface area (Å²) in [6.07, 6.45) is 1.19. The molecule has 0 radical (unpaired) electrons. The first-order valence-electron chi connectivity index (χ1n) is 5.46. The molecule has 15 heavy (non-hydrogen) atoms. The number of rotatable bonds is 3. The lowest BCUT2D eigenvalue weighted by molar-refractivity contribution is 0.134. The van der Waals surface area contributed by atoms with E-state index in [9.17, 15) is 5.11 Å². The minimum absolute atomic E-state index is 0.269. The first-order chi connectivity index (χ1) is 7.20. The molecule has 1 aromatic heterocycles. The van der Waals surface area contributed by atoms with Crippen LogP contribution in [-0.4, -0.2) is 34.2 Å². The first-order valence-corrected chi connectivity index (χ1v) is 6.34. The fourth-order valence-corrected chi connectivity index (χ4v) is 3.02. The van der Waals surface area contributed by atoms with Gasteiger partial charge in [0.15, 0.2) is 0 Å². The number of aromatic nitrogens is 1. The molecule has 0 aromatic carbocycles. The van der Waals surface area contributed by atoms with E-state index in [-0.39, 0.29) is 6.61 Å². The van der Waals surface area contributed by atoms with Gasteiger partial charge in [-0.1, -0.05) is 6.92 Å². The number of thiazole rings is 1. The summed E-state index contributed by atoms with van der Waals surface area (Å²) in [4.78, 5) is 6.81. The molecule has 1 aliphatic rings. The molecule has 1 aromatic rings. The SMILES string of the molecule is Cc1csc(CN2CCC(C)C2CO)n1. The smallest absolute Gasteiger partial charge is 0.107 e. The van der Waals surface area contributed by atoms with Crippen molar-refractivity contribution in [2.45, 2.75) is 32.9 Å². The van der Waals surface area contributed by atoms with Gasteiger partial charge in [0, 0.05) is 17.1 Å². The van der Waals surface area contributed by atoms with Gasteiger partial charge in [-0.2, -0.15) is 0 Å². The summed E-state index contributed by atoms with van der Waals surface area (Å²) < 4.78 is 0. The second-order valence-corrected chi connectivity index (χ2v) is 5.31. The Bertz CT molecular complexity index is 326. The van der Waals surface area contributed by atoms with Crippen molar-refractivity contribution in [2.24, 2.45) is 5.92 Å². The summed E-state index contributed by atoms with van der Waals surface area (Å²) in [6, 6.07) is 0.328. The van der Waals surface area contributed by atoms with Crippen LogP contribution in [0.2, 0.25) is 0 Å². The Kier molecular flexibility index (Phi) is 3.38. The molecule has 2 unspecified atom stereocenters. The second-order valence-electron chi connectivity index (χ2n) is 4.37. The largest absolute Gasteiger partial charge is 0.395 e. The molecule has 3 nitrogen and oxygen atoms in total. The molecule has 2 atom stereocenters. The standard InChI is InChI=1S/C11H18N2OS/c1-8-3-4-13(10(8)6-14)5-11-12-9(2)7-15-11/h7-8,10,14H,3-6H2,1-2H3. The minimum Gasteiger partial charge on any atom is -0.395 e. The monoisotopic (exact) mass is 226 g/mol. The summed E-state index contributed by atoms with van der Waals surface area (Å²) >= 11 is 1.72. The Morgan fingerprint density at radius 3 is 3.07 bits per heavy atom. The molecule has 1 saturated heterocycles. The van der Waals surface area contributed by atoms with E-state index < -0.39 is 0 Å². The van der Waals surface area contributed by atoms with Crippen molar-refractivity contribution in [1.29, 1.82) is 0 Å². The maximum atomic E-state index is 9.33. The van der Waals surface area contributed by atoms with Gasteiger partial charge in [0.1, 0.15) is 5.01 Å². The van der Waals surface area contributed by atoms with Crippen molar-refractivity contribution < 1.29 is 5.11 Å². The Balaban J connectivity index is 2.00. The first kappa shape index (κ1) is 11.0. The number of hydrogen-bond donors (Lipinski definition) is 1. The lowest BCUT2D eigenvalue weighted by Gasteiger charge is -2.23. The van der Waals surface area contributed by atoms with Crippen LogP contribution in [0.1, 0.15) is 24.0 Å². The summed E-state index contributed by atoms with van der Waals surface area (Å²) in [6.45, 7) is 6.49. The van der Waals surface area contributed by atoms with Gasteiger partial charge >= 0.3 is 0 Å². The number of aliphatic hydroxyl groups is 1. The Labute approximate surface area is 94.8 Å². The van der Waals surface area contributed by atoms with Crippen LogP contribution in [0, 0.1) is 12.8 Å². The van der Waals surface area contributed by atoms with E-state index in [1.54, 1.807) is 11.3 Å². The fourth-order valence-electron chi connectivity index (χ4n) is 2.23. The topological polar surface area (TPSA) is 36.4 Å². The van der Waals surface area contributed by atoms with Gasteiger partial charge in [0.25, 0.3) is 0 Å². The molecule has 2 heterocycles. The molecule has 1 aliphatic heterocycles. The Morgan fingerprint density at radius 2 is 2.47 bits per heavy atom. The highest BCUT2D eigenvalue weighted by Gasteiger charge is 2.30. The van der Waals surface area contributed by atoms with Gasteiger partial charge in [0.05, 0.1) is 13.2 Å². The van der Waals surface area contributed by atoms with E-state index in [0.717, 1.165) is 18.8 Å². The van der Waals surface area contributed by atoms with Crippen LogP contribution < -0.4 is 0 Å². The van der Waals surface area contributed by atoms with Crippen LogP contribution in [0.5, 0.6) is 0 Å². The quantitative estimate of drug-likeness (QED) is 0.851. The molecule has 1 fully saturated rings. The molecule has 0 amide bonds. The third-order valence-electron chi connectivity index (χ3n) is 3.19. The Morgan fingerprint density at radius 1 is 1.67 bits per heavy atom. The van der Waals surface area contributed by atoms with E-state index in [4.69, 9.17) is 0 Å². The molecule has 0 spiro atoms. The van der Waals surface area contributed by atoms with Crippen molar-refractivity contribution in [2.75, 3.05) is 13.2 Å². The van der Waals surface area contributed by atoms with Crippen LogP contribution >= 0.6 is 11.3 Å². The van der Waals surface area contributed by atoms with Gasteiger partial charge in [-0.05, 0) is 25.8 Å². The summed E-state index contributed by atoms with van der Waals surface area (Å²) in [7, 11) is 0. The van der Waals surface area contributed by atoms with Crippen LogP contribution in [0.3, 0.4) is 0 Å². The zero-order valence-corrected chi connectivity index (χ0v) is 10.1. The molecular formula is C11H18N2OS. The molecule has 0 saturated carbocycles. The molecule has 4 heteroatoms. The molecule has 2 rings (SSSR count). The summed E-state index contributed by atoms with van der Waals surface area (Å²) in [5, 5.41) is 12.6. The summed E-state index contributed by atoms with van der Waals surface area (Å²) in [5.74, 6) is 0.607. The molecular weight excluding hydrogens is 208 g/mol. The summed E-state index contributed by atoms with van der Waals surface area (Å²) in [5.41, 5.74) is 1.10. The number of aliphatic hydroxyl groups excluding tert-OH is 1. The molecule has 1 N–H and O–H groups in total. The molecule has 84 valence electrons. The van der Waals surface area contributed by atoms with Crippen molar-refractivity contribution in [3.8, 4) is 0 Å². The van der Waals surface area contributed by atoms with Crippen LogP contribution in [0.15, 0.2) is 5.38 Å². The third kappa shape index (κ3) is 2.38. The Hall–Kier alpha value is -0.450. The predicted molar refractivity (Wildman–Crippen MR) is 61.9 cm³/mol. The third-order valence-corrected chi connectivity index (χ3v) is 4.14. The van der Waals surface area contributed by atoms with Gasteiger partial charge in [0.2, 0.25) is 0 Å². The van der Waals surface area contributed by atoms with E-state index in [1.807, 2.05) is 6.92 Å². The highest BCUT2D eigenvalue weighted by atomic mass is 32.1. The van der Waals surface area contributed by atoms with E-state index in [2.05, 4.69) is 22.2 Å². The second kappa shape index (κ2) is 4.60. The van der Waals surface area contributed by atoms with E-state index >= 15 is 0 Å². The fraction of sp³-hybridized carbons (Fsp3) is 0.727. The maximum absolute atomic E-state index is 9.33. The van der Waals surface area contributed by atoms with Crippen molar-refractivity contribution >= 4 is 11.3 Å². The van der Waals surface area contributed by atoms with E-state index in [1.165, 1.54) is 11.4 Å². The van der Waals surface area contributed by atoms with E-state index in [0.29, 0.717) is 12.0 Å². The van der Waals surface area contributed by atoms with Gasteiger partial charge in [-0.25, -0.2) is 4.98 Å². The van der Waals surface area contributed by atoms with Gasteiger partial charge in [-0.15, -0.1) is 11.3 Å². The molecule has 0 aliphatic carbocycles. The zero-order valence-electron chi connectivity index (χ0n) is 9.31. The van der Waals surface area contributed by atoms with Gasteiger partial charge < -0.3 is 5.11 Å². The lowest BCUT2D eigenvalue weighted by atomic mass is 10.0. The normalized spacial score (nSPS) is 27.4. The minimum atomic E-state index is 0.269. The van der Waals surface area contributed by atoms with Crippen LogP contribution in [-0.2, 0) is 6.54 Å². The average Bonchev–Trinajstić information content (AvgIpc) is 2.75. The highest BCUT2D eigenvalue weighted by Crippen LogP contribution is 2.25. The number of nitrogens with zero attached hydrogens (tertiary/aromatic N) is 2. The van der Waals surface area contributed by atoms with Crippen LogP contribution in [0.4, 0.5) is 0 Å². The van der Waals surface area contributed by atoms with Gasteiger partial charge in [-0.3, -0.25) is 4.90 Å². The highest BCUT2D eigenvalue weighted by molar-refractivity contribution is 7.09.